The van der Waals surface area contributed by atoms with Crippen LogP contribution in [0.2, 0.25) is 0 Å². The van der Waals surface area contributed by atoms with E-state index in [1.54, 1.807) is 0 Å². The molecule has 5 nitrogen and oxygen atoms in total. The van der Waals surface area contributed by atoms with Crippen molar-refractivity contribution in [3.63, 3.8) is 0 Å². The average molecular weight is 532 g/mol. The van der Waals surface area contributed by atoms with Crippen LogP contribution in [0.5, 0.6) is 0 Å². The number of carbonyl (C=O) groups excluding carboxylic acids is 1. The van der Waals surface area contributed by atoms with E-state index in [0.29, 0.717) is 36.9 Å². The van der Waals surface area contributed by atoms with E-state index in [1.807, 2.05) is 36.4 Å². The molecule has 0 unspecified atom stereocenters. The Bertz CT molecular complexity index is 1190. The normalized spacial score (nSPS) is 32.0. The highest BCUT2D eigenvalue weighted by atomic mass is 16.3. The maximum Gasteiger partial charge on any atom is 0.193 e. The smallest absolute Gasteiger partial charge is 0.193 e. The largest absolute Gasteiger partial charge is 0.395 e. The summed E-state index contributed by atoms with van der Waals surface area (Å²) in [6.45, 7) is 5.96. The molecule has 3 N–H and O–H groups in total. The summed E-state index contributed by atoms with van der Waals surface area (Å²) in [6, 6.07) is 15.7. The van der Waals surface area contributed by atoms with E-state index in [4.69, 9.17) is 0 Å². The van der Waals surface area contributed by atoms with Crippen LogP contribution in [0.3, 0.4) is 0 Å². The van der Waals surface area contributed by atoms with Gasteiger partial charge in [0.15, 0.2) is 5.78 Å². The number of aliphatic hydroxyl groups excluding tert-OH is 2. The van der Waals surface area contributed by atoms with Crippen LogP contribution in [0.25, 0.3) is 0 Å². The van der Waals surface area contributed by atoms with Gasteiger partial charge in [0, 0.05) is 29.1 Å². The number of ketones is 1. The van der Waals surface area contributed by atoms with Crippen molar-refractivity contribution >= 4 is 5.78 Å². The molecule has 6 rings (SSSR count). The highest BCUT2D eigenvalue weighted by Crippen LogP contribution is 2.59. The Morgan fingerprint density at radius 2 is 1.87 bits per heavy atom. The third-order valence-electron chi connectivity index (χ3n) is 10.1. The fourth-order valence-electron chi connectivity index (χ4n) is 7.59. The number of aliphatic hydroxyl groups is 3. The molecule has 5 atom stereocenters. The molecule has 2 fully saturated rings. The average Bonchev–Trinajstić information content (AvgIpc) is 3.48. The number of nitrogens with zero attached hydrogens (tertiary/aromatic N) is 1. The molecule has 0 radical (unpaired) electrons. The molecule has 3 aliphatic carbocycles. The molecule has 1 saturated carbocycles. The lowest BCUT2D eigenvalue weighted by Gasteiger charge is -2.46. The summed E-state index contributed by atoms with van der Waals surface area (Å²) < 4.78 is 0. The molecule has 0 spiro atoms. The van der Waals surface area contributed by atoms with Gasteiger partial charge in [-0.1, -0.05) is 61.0 Å². The Kier molecular flexibility index (Phi) is 8.44. The van der Waals surface area contributed by atoms with E-state index in [9.17, 15) is 20.1 Å². The molecule has 2 aromatic rings. The first-order valence-electron chi connectivity index (χ1n) is 14.9. The number of rotatable bonds is 5. The Morgan fingerprint density at radius 1 is 1.08 bits per heavy atom. The molecule has 2 aromatic carbocycles. The fraction of sp³-hybridized carbons (Fsp3) is 0.559. The monoisotopic (exact) mass is 531 g/mol. The number of benzene rings is 2. The Hall–Kier alpha value is -2.31. The number of hydrogen-bond acceptors (Lipinski definition) is 5. The van der Waals surface area contributed by atoms with Crippen molar-refractivity contribution in [3.05, 3.63) is 82.4 Å². The summed E-state index contributed by atoms with van der Waals surface area (Å²) in [6.07, 6.45) is 9.03. The first-order valence-corrected chi connectivity index (χ1v) is 14.9. The van der Waals surface area contributed by atoms with Crippen LogP contribution in [0.4, 0.5) is 0 Å². The van der Waals surface area contributed by atoms with E-state index in [2.05, 4.69) is 37.0 Å². The first-order chi connectivity index (χ1) is 18.7. The number of fused-ring (bicyclic) bond motifs is 8. The Morgan fingerprint density at radius 3 is 2.64 bits per heavy atom. The third-order valence-corrected chi connectivity index (χ3v) is 10.1. The standard InChI is InChI=1S/C34H45NO4/c1-24-8-6-17-33(2)31(16-18-34(33,39)23-35-19-7-11-27(35)22-36)29-15-13-25(20-28(37)14-12-24)21-30(29)32(38)26-9-4-3-5-10-26/h3-5,8-10,13,15,21,27-28,31,36-37,39H,6-7,11-12,14,16-20,22-23H2,1-2H3/t27-,28-,31-,33-,34+/m0/s1. The number of allylic oxidation sites excluding steroid dienone is 2. The topological polar surface area (TPSA) is 81.0 Å². The van der Waals surface area contributed by atoms with Gasteiger partial charge < -0.3 is 15.3 Å². The molecule has 5 heteroatoms. The summed E-state index contributed by atoms with van der Waals surface area (Å²) in [5.41, 5.74) is 3.26. The van der Waals surface area contributed by atoms with Crippen LogP contribution in [-0.4, -0.2) is 63.4 Å². The Labute approximate surface area is 233 Å². The van der Waals surface area contributed by atoms with Crippen LogP contribution in [0.15, 0.2) is 60.2 Å². The van der Waals surface area contributed by atoms with E-state index in [1.165, 1.54) is 5.57 Å². The first kappa shape index (κ1) is 28.2. The fourth-order valence-corrected chi connectivity index (χ4v) is 7.59. The molecule has 210 valence electrons. The van der Waals surface area contributed by atoms with Crippen LogP contribution in [-0.2, 0) is 6.42 Å². The number of likely N-dealkylation sites (tertiary alicyclic amines) is 1. The van der Waals surface area contributed by atoms with Crippen molar-refractivity contribution in [2.75, 3.05) is 19.7 Å². The van der Waals surface area contributed by atoms with Crippen LogP contribution < -0.4 is 0 Å². The summed E-state index contributed by atoms with van der Waals surface area (Å²) in [5.74, 6) is 0.0263. The minimum Gasteiger partial charge on any atom is -0.395 e. The third kappa shape index (κ3) is 5.65. The van der Waals surface area contributed by atoms with Gasteiger partial charge >= 0.3 is 0 Å². The number of carbonyl (C=O) groups is 1. The summed E-state index contributed by atoms with van der Waals surface area (Å²) >= 11 is 0. The zero-order chi connectivity index (χ0) is 27.6. The van der Waals surface area contributed by atoms with Gasteiger partial charge in [-0.05, 0) is 94.4 Å². The van der Waals surface area contributed by atoms with Crippen LogP contribution in [0.1, 0.15) is 98.2 Å². The molecule has 1 aliphatic heterocycles. The van der Waals surface area contributed by atoms with Crippen molar-refractivity contribution in [1.82, 2.24) is 4.90 Å². The minimum atomic E-state index is -0.920. The molecule has 1 saturated heterocycles. The second-order valence-corrected chi connectivity index (χ2v) is 12.6. The van der Waals surface area contributed by atoms with Gasteiger partial charge in [-0.3, -0.25) is 9.69 Å². The highest BCUT2D eigenvalue weighted by Gasteiger charge is 2.57. The van der Waals surface area contributed by atoms with Crippen molar-refractivity contribution in [1.29, 1.82) is 0 Å². The second-order valence-electron chi connectivity index (χ2n) is 12.6. The zero-order valence-electron chi connectivity index (χ0n) is 23.6. The van der Waals surface area contributed by atoms with Crippen LogP contribution in [0, 0.1) is 5.41 Å². The quantitative estimate of drug-likeness (QED) is 0.355. The molecule has 2 bridgehead atoms. The maximum atomic E-state index is 14.0. The van der Waals surface area contributed by atoms with E-state index in [-0.39, 0.29) is 24.3 Å². The molecule has 4 aliphatic rings. The second kappa shape index (κ2) is 11.7. The van der Waals surface area contributed by atoms with Crippen molar-refractivity contribution in [2.24, 2.45) is 5.41 Å². The predicted octanol–water partition coefficient (Wildman–Crippen LogP) is 5.41. The molecule has 39 heavy (non-hydrogen) atoms. The predicted molar refractivity (Wildman–Crippen MR) is 155 cm³/mol. The van der Waals surface area contributed by atoms with Gasteiger partial charge in [0.25, 0.3) is 0 Å². The molecule has 0 aromatic heterocycles. The van der Waals surface area contributed by atoms with Crippen molar-refractivity contribution < 1.29 is 20.1 Å². The van der Waals surface area contributed by atoms with Crippen LogP contribution >= 0.6 is 0 Å². The van der Waals surface area contributed by atoms with Crippen molar-refractivity contribution in [2.45, 2.75) is 95.3 Å². The molecule has 1 heterocycles. The minimum absolute atomic E-state index is 0.00227. The van der Waals surface area contributed by atoms with Gasteiger partial charge in [0.05, 0.1) is 18.3 Å². The molecule has 0 amide bonds. The van der Waals surface area contributed by atoms with E-state index < -0.39 is 17.1 Å². The summed E-state index contributed by atoms with van der Waals surface area (Å²) in [7, 11) is 0. The summed E-state index contributed by atoms with van der Waals surface area (Å²) in [5, 5.41) is 33.2. The lowest BCUT2D eigenvalue weighted by atomic mass is 9.64. The lowest BCUT2D eigenvalue weighted by Crippen LogP contribution is -2.53. The van der Waals surface area contributed by atoms with Gasteiger partial charge in [0.2, 0.25) is 0 Å². The van der Waals surface area contributed by atoms with E-state index >= 15 is 0 Å². The Balaban J connectivity index is 1.59. The van der Waals surface area contributed by atoms with E-state index in [0.717, 1.165) is 56.2 Å². The van der Waals surface area contributed by atoms with Crippen molar-refractivity contribution in [3.8, 4) is 0 Å². The van der Waals surface area contributed by atoms with Gasteiger partial charge in [-0.15, -0.1) is 0 Å². The summed E-state index contributed by atoms with van der Waals surface area (Å²) in [4.78, 5) is 16.3. The van der Waals surface area contributed by atoms with Gasteiger partial charge in [-0.2, -0.15) is 0 Å². The zero-order valence-corrected chi connectivity index (χ0v) is 23.6. The number of β-amino-alcohol motifs (C(OH)–C–C–N with tert-alkyl or cyclic N) is 1. The SMILES string of the molecule is CC1=CCC[C@@]2(C)[C@@H](CC[C@@]2(O)CN2CCC[C@H]2CO)c2ccc(cc2C(=O)c2ccccc2)C[C@@H](O)CC1. The lowest BCUT2D eigenvalue weighted by molar-refractivity contribution is -0.0875. The highest BCUT2D eigenvalue weighted by molar-refractivity contribution is 6.10. The molecular weight excluding hydrogens is 486 g/mol. The number of hydrogen-bond donors (Lipinski definition) is 3. The van der Waals surface area contributed by atoms with Gasteiger partial charge in [-0.25, -0.2) is 0 Å². The maximum absolute atomic E-state index is 14.0. The van der Waals surface area contributed by atoms with Gasteiger partial charge in [0.1, 0.15) is 0 Å². The molecular formula is C34H45NO4.